The van der Waals surface area contributed by atoms with Gasteiger partial charge in [-0.15, -0.1) is 0 Å². The van der Waals surface area contributed by atoms with Crippen molar-refractivity contribution in [3.05, 3.63) is 48.0 Å². The van der Waals surface area contributed by atoms with Crippen molar-refractivity contribution in [2.75, 3.05) is 6.61 Å². The number of aldehydes is 1. The number of fused-ring (bicyclic) bond motifs is 1. The van der Waals surface area contributed by atoms with Crippen LogP contribution in [0, 0.1) is 5.92 Å². The minimum absolute atomic E-state index is 0.290. The Labute approximate surface area is 112 Å². The maximum atomic E-state index is 11.7. The second-order valence-corrected chi connectivity index (χ2v) is 4.34. The molecule has 0 saturated carbocycles. The van der Waals surface area contributed by atoms with E-state index in [1.54, 1.807) is 6.92 Å². The molecule has 1 atom stereocenters. The Morgan fingerprint density at radius 1 is 1.21 bits per heavy atom. The smallest absolute Gasteiger partial charge is 0.316 e. The van der Waals surface area contributed by atoms with Crippen LogP contribution in [0.5, 0.6) is 0 Å². The van der Waals surface area contributed by atoms with Gasteiger partial charge in [-0.05, 0) is 29.7 Å². The summed E-state index contributed by atoms with van der Waals surface area (Å²) in [5, 5.41) is 2.18. The second kappa shape index (κ2) is 6.14. The Morgan fingerprint density at radius 2 is 1.95 bits per heavy atom. The van der Waals surface area contributed by atoms with Crippen LogP contribution in [0.25, 0.3) is 10.8 Å². The number of benzene rings is 2. The van der Waals surface area contributed by atoms with Crippen LogP contribution in [-0.4, -0.2) is 18.9 Å². The van der Waals surface area contributed by atoms with Gasteiger partial charge in [0.15, 0.2) is 0 Å². The molecule has 0 aliphatic rings. The lowest BCUT2D eigenvalue weighted by Gasteiger charge is -2.11. The van der Waals surface area contributed by atoms with Gasteiger partial charge < -0.3 is 9.53 Å². The fourth-order valence-electron chi connectivity index (χ4n) is 2.14. The first-order chi connectivity index (χ1) is 9.26. The van der Waals surface area contributed by atoms with E-state index in [0.717, 1.165) is 16.3 Å². The van der Waals surface area contributed by atoms with Crippen molar-refractivity contribution >= 4 is 23.0 Å². The highest BCUT2D eigenvalue weighted by Crippen LogP contribution is 2.21. The van der Waals surface area contributed by atoms with E-state index in [4.69, 9.17) is 4.74 Å². The van der Waals surface area contributed by atoms with Gasteiger partial charge in [0.05, 0.1) is 6.61 Å². The molecule has 0 aliphatic heterocycles. The topological polar surface area (TPSA) is 43.4 Å². The molecule has 0 radical (unpaired) electrons. The molecule has 98 valence electrons. The lowest BCUT2D eigenvalue weighted by atomic mass is 9.96. The molecule has 3 nitrogen and oxygen atoms in total. The van der Waals surface area contributed by atoms with E-state index in [-0.39, 0.29) is 0 Å². The number of carbonyl (C=O) groups excluding carboxylic acids is 2. The van der Waals surface area contributed by atoms with Crippen LogP contribution in [0.1, 0.15) is 12.5 Å². The molecule has 0 heterocycles. The Balaban J connectivity index is 2.29. The van der Waals surface area contributed by atoms with E-state index in [2.05, 4.69) is 0 Å². The monoisotopic (exact) mass is 256 g/mol. The van der Waals surface area contributed by atoms with Crippen molar-refractivity contribution in [3.63, 3.8) is 0 Å². The Kier molecular flexibility index (Phi) is 4.29. The van der Waals surface area contributed by atoms with E-state index in [1.165, 1.54) is 0 Å². The van der Waals surface area contributed by atoms with Gasteiger partial charge in [-0.3, -0.25) is 4.79 Å². The molecule has 19 heavy (non-hydrogen) atoms. The molecule has 0 unspecified atom stereocenters. The summed E-state index contributed by atoms with van der Waals surface area (Å²) in [7, 11) is 0. The predicted molar refractivity (Wildman–Crippen MR) is 73.8 cm³/mol. The quantitative estimate of drug-likeness (QED) is 0.469. The Morgan fingerprint density at radius 3 is 2.68 bits per heavy atom. The van der Waals surface area contributed by atoms with Crippen molar-refractivity contribution in [2.45, 2.75) is 13.3 Å². The minimum Gasteiger partial charge on any atom is -0.465 e. The van der Waals surface area contributed by atoms with Crippen LogP contribution in [0.3, 0.4) is 0 Å². The summed E-state index contributed by atoms with van der Waals surface area (Å²) in [6.45, 7) is 2.02. The fraction of sp³-hybridized carbons (Fsp3) is 0.250. The summed E-state index contributed by atoms with van der Waals surface area (Å²) < 4.78 is 4.91. The lowest BCUT2D eigenvalue weighted by Crippen LogP contribution is -2.21. The Hall–Kier alpha value is -2.16. The zero-order valence-corrected chi connectivity index (χ0v) is 10.8. The number of rotatable bonds is 5. The third kappa shape index (κ3) is 2.99. The summed E-state index contributed by atoms with van der Waals surface area (Å²) in [5.41, 5.74) is 0.989. The van der Waals surface area contributed by atoms with E-state index < -0.39 is 11.9 Å². The number of esters is 1. The number of ether oxygens (including phenoxy) is 1. The molecule has 0 amide bonds. The van der Waals surface area contributed by atoms with Crippen molar-refractivity contribution < 1.29 is 14.3 Å². The van der Waals surface area contributed by atoms with Crippen molar-refractivity contribution in [1.82, 2.24) is 0 Å². The molecule has 2 aromatic carbocycles. The summed E-state index contributed by atoms with van der Waals surface area (Å²) in [5.74, 6) is -1.18. The predicted octanol–water partition coefficient (Wildman–Crippen LogP) is 2.76. The van der Waals surface area contributed by atoms with Gasteiger partial charge >= 0.3 is 5.97 Å². The second-order valence-electron chi connectivity index (χ2n) is 4.34. The lowest BCUT2D eigenvalue weighted by molar-refractivity contribution is -0.149. The Bertz CT molecular complexity index is 584. The zero-order valence-electron chi connectivity index (χ0n) is 10.8. The highest BCUT2D eigenvalue weighted by molar-refractivity contribution is 5.90. The number of hydrogen-bond donors (Lipinski definition) is 0. The fourth-order valence-corrected chi connectivity index (χ4v) is 2.14. The van der Waals surface area contributed by atoms with Crippen LogP contribution < -0.4 is 0 Å². The number of hydrogen-bond acceptors (Lipinski definition) is 3. The van der Waals surface area contributed by atoms with Crippen LogP contribution in [0.4, 0.5) is 0 Å². The molecule has 0 fully saturated rings. The standard InChI is InChI=1S/C16H16O3/c1-2-19-16(18)14(11-17)10-13-8-5-7-12-6-3-4-9-15(12)13/h3-9,11,14H,2,10H2,1H3/t14-/m1/s1. The molecule has 0 saturated heterocycles. The molecule has 0 spiro atoms. The van der Waals surface area contributed by atoms with Gasteiger partial charge in [-0.1, -0.05) is 42.5 Å². The molecular weight excluding hydrogens is 240 g/mol. The zero-order chi connectivity index (χ0) is 13.7. The van der Waals surface area contributed by atoms with Crippen molar-refractivity contribution in [3.8, 4) is 0 Å². The van der Waals surface area contributed by atoms with Gasteiger partial charge in [-0.2, -0.15) is 0 Å². The minimum atomic E-state index is -0.731. The molecular formula is C16H16O3. The highest BCUT2D eigenvalue weighted by Gasteiger charge is 2.20. The van der Waals surface area contributed by atoms with Crippen molar-refractivity contribution in [1.29, 1.82) is 0 Å². The van der Waals surface area contributed by atoms with Crippen LogP contribution in [-0.2, 0) is 20.7 Å². The van der Waals surface area contributed by atoms with E-state index in [9.17, 15) is 9.59 Å². The third-order valence-electron chi connectivity index (χ3n) is 3.07. The van der Waals surface area contributed by atoms with E-state index >= 15 is 0 Å². The maximum Gasteiger partial charge on any atom is 0.316 e. The van der Waals surface area contributed by atoms with Crippen LogP contribution >= 0.6 is 0 Å². The summed E-state index contributed by atoms with van der Waals surface area (Å²) in [6.07, 6.45) is 1.05. The van der Waals surface area contributed by atoms with Crippen LogP contribution in [0.15, 0.2) is 42.5 Å². The summed E-state index contributed by atoms with van der Waals surface area (Å²) >= 11 is 0. The van der Waals surface area contributed by atoms with Gasteiger partial charge in [0.1, 0.15) is 12.2 Å². The molecule has 0 aliphatic carbocycles. The van der Waals surface area contributed by atoms with Crippen molar-refractivity contribution in [2.24, 2.45) is 5.92 Å². The SMILES string of the molecule is CCOC(=O)[C@@H](C=O)Cc1cccc2ccccc12. The average Bonchev–Trinajstić information content (AvgIpc) is 2.45. The maximum absolute atomic E-state index is 11.7. The first-order valence-corrected chi connectivity index (χ1v) is 6.34. The largest absolute Gasteiger partial charge is 0.465 e. The number of carbonyl (C=O) groups is 2. The molecule has 2 aromatic rings. The molecule has 3 heteroatoms. The first-order valence-electron chi connectivity index (χ1n) is 6.34. The molecule has 0 bridgehead atoms. The van der Waals surface area contributed by atoms with E-state index in [0.29, 0.717) is 19.3 Å². The first kappa shape index (κ1) is 13.3. The molecule has 0 aromatic heterocycles. The summed E-state index contributed by atoms with van der Waals surface area (Å²) in [6, 6.07) is 13.8. The van der Waals surface area contributed by atoms with Crippen LogP contribution in [0.2, 0.25) is 0 Å². The molecule has 0 N–H and O–H groups in total. The van der Waals surface area contributed by atoms with E-state index in [1.807, 2.05) is 42.5 Å². The van der Waals surface area contributed by atoms with Gasteiger partial charge in [0, 0.05) is 0 Å². The summed E-state index contributed by atoms with van der Waals surface area (Å²) in [4.78, 5) is 22.7. The third-order valence-corrected chi connectivity index (χ3v) is 3.07. The highest BCUT2D eigenvalue weighted by atomic mass is 16.5. The van der Waals surface area contributed by atoms with Gasteiger partial charge in [-0.25, -0.2) is 0 Å². The normalized spacial score (nSPS) is 12.1. The van der Waals surface area contributed by atoms with Gasteiger partial charge in [0.25, 0.3) is 0 Å². The average molecular weight is 256 g/mol. The molecule has 2 rings (SSSR count). The van der Waals surface area contributed by atoms with Gasteiger partial charge in [0.2, 0.25) is 0 Å².